The van der Waals surface area contributed by atoms with E-state index in [1.165, 1.54) is 25.7 Å². The van der Waals surface area contributed by atoms with Crippen molar-refractivity contribution in [3.63, 3.8) is 0 Å². The Bertz CT molecular complexity index is 336. The van der Waals surface area contributed by atoms with Gasteiger partial charge in [0.15, 0.2) is 0 Å². The number of amides is 1. The standard InChI is InChI=1S/C16H30N2O2.ClH/c1-16(2,3)12-6-4-11(5-7-12)9-18-15(20)14-8-13(19)10-17-14;/h11-14,17,19H,4-10H2,1-3H3,(H,18,20);1H. The van der Waals surface area contributed by atoms with Crippen LogP contribution in [0.5, 0.6) is 0 Å². The first kappa shape index (κ1) is 18.7. The van der Waals surface area contributed by atoms with Crippen LogP contribution in [0, 0.1) is 17.3 Å². The van der Waals surface area contributed by atoms with Gasteiger partial charge in [-0.1, -0.05) is 20.8 Å². The predicted molar refractivity (Wildman–Crippen MR) is 87.6 cm³/mol. The third-order valence-electron chi connectivity index (χ3n) is 5.06. The Hall–Kier alpha value is -0.320. The zero-order chi connectivity index (χ0) is 14.8. The molecule has 4 nitrogen and oxygen atoms in total. The third-order valence-corrected chi connectivity index (χ3v) is 5.06. The Balaban J connectivity index is 0.00000220. The molecule has 0 aromatic heterocycles. The van der Waals surface area contributed by atoms with E-state index in [1.807, 2.05) is 0 Å². The van der Waals surface area contributed by atoms with Gasteiger partial charge in [-0.25, -0.2) is 0 Å². The molecule has 0 aromatic carbocycles. The van der Waals surface area contributed by atoms with Gasteiger partial charge in [0.2, 0.25) is 5.91 Å². The van der Waals surface area contributed by atoms with Crippen molar-refractivity contribution in [2.45, 2.75) is 65.0 Å². The number of hydrogen-bond donors (Lipinski definition) is 3. The molecule has 2 fully saturated rings. The maximum absolute atomic E-state index is 12.0. The fourth-order valence-electron chi connectivity index (χ4n) is 3.52. The fourth-order valence-corrected chi connectivity index (χ4v) is 3.52. The minimum atomic E-state index is -0.368. The first-order chi connectivity index (χ1) is 9.36. The Morgan fingerprint density at radius 2 is 1.86 bits per heavy atom. The van der Waals surface area contributed by atoms with Gasteiger partial charge in [0, 0.05) is 13.1 Å². The van der Waals surface area contributed by atoms with E-state index >= 15 is 0 Å². The molecule has 1 aliphatic heterocycles. The van der Waals surface area contributed by atoms with Crippen LogP contribution in [0.2, 0.25) is 0 Å². The summed E-state index contributed by atoms with van der Waals surface area (Å²) in [6.07, 6.45) is 5.19. The van der Waals surface area contributed by atoms with Gasteiger partial charge in [0.25, 0.3) is 0 Å². The van der Waals surface area contributed by atoms with Crippen molar-refractivity contribution in [3.8, 4) is 0 Å². The molecule has 1 heterocycles. The SMILES string of the molecule is CC(C)(C)C1CCC(CNC(=O)C2CC(O)CN2)CC1.Cl. The highest BCUT2D eigenvalue weighted by Gasteiger charge is 2.31. The molecule has 1 aliphatic carbocycles. The smallest absolute Gasteiger partial charge is 0.237 e. The Kier molecular flexibility index (Phi) is 6.95. The summed E-state index contributed by atoms with van der Waals surface area (Å²) in [5.41, 5.74) is 0.415. The van der Waals surface area contributed by atoms with Gasteiger partial charge in [-0.05, 0) is 49.4 Å². The average Bonchev–Trinajstić information content (AvgIpc) is 2.82. The molecule has 0 radical (unpaired) electrons. The van der Waals surface area contributed by atoms with Crippen LogP contribution in [-0.4, -0.2) is 36.2 Å². The molecule has 2 unspecified atom stereocenters. The largest absolute Gasteiger partial charge is 0.392 e. The number of β-amino-alcohol motifs (C(OH)–C–C–N with tert-alkyl or cyclic N) is 1. The van der Waals surface area contributed by atoms with E-state index in [9.17, 15) is 9.90 Å². The lowest BCUT2D eigenvalue weighted by molar-refractivity contribution is -0.123. The monoisotopic (exact) mass is 318 g/mol. The zero-order valence-corrected chi connectivity index (χ0v) is 14.3. The molecule has 21 heavy (non-hydrogen) atoms. The summed E-state index contributed by atoms with van der Waals surface area (Å²) < 4.78 is 0. The second kappa shape index (κ2) is 7.80. The first-order valence-corrected chi connectivity index (χ1v) is 8.05. The molecule has 2 aliphatic rings. The van der Waals surface area contributed by atoms with Crippen LogP contribution in [0.1, 0.15) is 52.9 Å². The number of carbonyl (C=O) groups is 1. The maximum Gasteiger partial charge on any atom is 0.237 e. The lowest BCUT2D eigenvalue weighted by Gasteiger charge is -2.37. The van der Waals surface area contributed by atoms with Gasteiger partial charge < -0.3 is 15.7 Å². The van der Waals surface area contributed by atoms with Crippen LogP contribution in [0.4, 0.5) is 0 Å². The van der Waals surface area contributed by atoms with Crippen LogP contribution < -0.4 is 10.6 Å². The molecule has 124 valence electrons. The highest BCUT2D eigenvalue weighted by atomic mass is 35.5. The molecule has 0 bridgehead atoms. The number of carbonyl (C=O) groups excluding carboxylic acids is 1. The number of aliphatic hydroxyl groups excluding tert-OH is 1. The fraction of sp³-hybridized carbons (Fsp3) is 0.938. The average molecular weight is 319 g/mol. The van der Waals surface area contributed by atoms with Crippen LogP contribution >= 0.6 is 12.4 Å². The molecule has 1 saturated carbocycles. The highest BCUT2D eigenvalue weighted by molar-refractivity contribution is 5.85. The second-order valence-electron chi connectivity index (χ2n) is 7.68. The lowest BCUT2D eigenvalue weighted by atomic mass is 9.70. The van der Waals surface area contributed by atoms with Crippen molar-refractivity contribution >= 4 is 18.3 Å². The molecular formula is C16H31ClN2O2. The number of halogens is 1. The topological polar surface area (TPSA) is 61.4 Å². The van der Waals surface area contributed by atoms with Crippen molar-refractivity contribution in [2.24, 2.45) is 17.3 Å². The van der Waals surface area contributed by atoms with E-state index < -0.39 is 0 Å². The molecule has 0 spiro atoms. The van der Waals surface area contributed by atoms with Gasteiger partial charge in [-0.3, -0.25) is 4.79 Å². The third kappa shape index (κ3) is 5.42. The summed E-state index contributed by atoms with van der Waals surface area (Å²) in [6.45, 7) is 8.32. The Morgan fingerprint density at radius 3 is 2.33 bits per heavy atom. The van der Waals surface area contributed by atoms with Crippen molar-refractivity contribution in [2.75, 3.05) is 13.1 Å². The number of aliphatic hydroxyl groups is 1. The van der Waals surface area contributed by atoms with Crippen molar-refractivity contribution < 1.29 is 9.90 Å². The quantitative estimate of drug-likeness (QED) is 0.747. The van der Waals surface area contributed by atoms with Crippen LogP contribution in [0.3, 0.4) is 0 Å². The van der Waals surface area contributed by atoms with Gasteiger partial charge in [0.05, 0.1) is 12.1 Å². The first-order valence-electron chi connectivity index (χ1n) is 8.05. The van der Waals surface area contributed by atoms with Crippen LogP contribution in [0.15, 0.2) is 0 Å². The van der Waals surface area contributed by atoms with Crippen molar-refractivity contribution in [1.29, 1.82) is 0 Å². The number of nitrogens with one attached hydrogen (secondary N) is 2. The van der Waals surface area contributed by atoms with Crippen molar-refractivity contribution in [1.82, 2.24) is 10.6 Å². The van der Waals surface area contributed by atoms with E-state index in [0.29, 0.717) is 24.3 Å². The summed E-state index contributed by atoms with van der Waals surface area (Å²) in [5, 5.41) is 15.5. The number of rotatable bonds is 3. The highest BCUT2D eigenvalue weighted by Crippen LogP contribution is 2.39. The normalized spacial score (nSPS) is 33.3. The van der Waals surface area contributed by atoms with E-state index in [0.717, 1.165) is 12.5 Å². The molecule has 0 aromatic rings. The summed E-state index contributed by atoms with van der Waals surface area (Å²) >= 11 is 0. The van der Waals surface area contributed by atoms with E-state index in [1.54, 1.807) is 0 Å². The Labute approximate surface area is 134 Å². The summed E-state index contributed by atoms with van der Waals surface area (Å²) in [6, 6.07) is -0.198. The van der Waals surface area contributed by atoms with Crippen molar-refractivity contribution in [3.05, 3.63) is 0 Å². The molecule has 2 rings (SSSR count). The molecule has 1 saturated heterocycles. The van der Waals surface area contributed by atoms with E-state index in [-0.39, 0.29) is 30.5 Å². The number of hydrogen-bond acceptors (Lipinski definition) is 3. The van der Waals surface area contributed by atoms with Crippen LogP contribution in [0.25, 0.3) is 0 Å². The minimum Gasteiger partial charge on any atom is -0.392 e. The maximum atomic E-state index is 12.0. The van der Waals surface area contributed by atoms with Gasteiger partial charge in [0.1, 0.15) is 0 Å². The zero-order valence-electron chi connectivity index (χ0n) is 13.5. The predicted octanol–water partition coefficient (Wildman–Crippen LogP) is 2.10. The summed E-state index contributed by atoms with van der Waals surface area (Å²) in [5.74, 6) is 1.50. The van der Waals surface area contributed by atoms with Gasteiger partial charge in [-0.15, -0.1) is 12.4 Å². The minimum absolute atomic E-state index is 0. The summed E-state index contributed by atoms with van der Waals surface area (Å²) in [4.78, 5) is 12.0. The molecule has 3 N–H and O–H groups in total. The van der Waals surface area contributed by atoms with Crippen LogP contribution in [-0.2, 0) is 4.79 Å². The molecular weight excluding hydrogens is 288 g/mol. The van der Waals surface area contributed by atoms with Gasteiger partial charge in [-0.2, -0.15) is 0 Å². The second-order valence-corrected chi connectivity index (χ2v) is 7.68. The Morgan fingerprint density at radius 1 is 1.24 bits per heavy atom. The van der Waals surface area contributed by atoms with Gasteiger partial charge >= 0.3 is 0 Å². The van der Waals surface area contributed by atoms with E-state index in [4.69, 9.17) is 0 Å². The van der Waals surface area contributed by atoms with E-state index in [2.05, 4.69) is 31.4 Å². The molecule has 1 amide bonds. The lowest BCUT2D eigenvalue weighted by Crippen LogP contribution is -2.42. The molecule has 2 atom stereocenters. The summed E-state index contributed by atoms with van der Waals surface area (Å²) in [7, 11) is 0. The molecule has 5 heteroatoms.